The first-order valence-electron chi connectivity index (χ1n) is 12.1. The fourth-order valence-electron chi connectivity index (χ4n) is 4.49. The molecule has 4 heteroatoms. The van der Waals surface area contributed by atoms with Crippen LogP contribution in [0.2, 0.25) is 0 Å². The van der Waals surface area contributed by atoms with E-state index in [2.05, 4.69) is 26.8 Å². The SMILES string of the molecule is CCCCCC(O)CC=C1CC[C@H](O)[C@@H]1CCCCCC(C(=O)OCC)C(C)C. The van der Waals surface area contributed by atoms with Gasteiger partial charge in [-0.3, -0.25) is 4.79 Å². The van der Waals surface area contributed by atoms with Crippen molar-refractivity contribution in [2.24, 2.45) is 17.8 Å². The maximum Gasteiger partial charge on any atom is 0.309 e. The average molecular weight is 411 g/mol. The Bertz CT molecular complexity index is 471. The molecule has 1 aliphatic carbocycles. The number of aliphatic hydroxyl groups is 2. The van der Waals surface area contributed by atoms with Crippen LogP contribution in [-0.4, -0.2) is 35.0 Å². The minimum absolute atomic E-state index is 0.00308. The molecular formula is C25H46O4. The first kappa shape index (κ1) is 26.2. The maximum absolute atomic E-state index is 12.1. The molecule has 1 saturated carbocycles. The van der Waals surface area contributed by atoms with Gasteiger partial charge in [0.1, 0.15) is 0 Å². The van der Waals surface area contributed by atoms with Gasteiger partial charge in [-0.15, -0.1) is 0 Å². The van der Waals surface area contributed by atoms with E-state index in [1.54, 1.807) is 0 Å². The predicted octanol–water partition coefficient (Wildman–Crippen LogP) is 5.80. The highest BCUT2D eigenvalue weighted by Crippen LogP contribution is 2.36. The summed E-state index contributed by atoms with van der Waals surface area (Å²) in [5, 5.41) is 20.6. The second kappa shape index (κ2) is 15.0. The molecule has 0 amide bonds. The fraction of sp³-hybridized carbons (Fsp3) is 0.880. The smallest absolute Gasteiger partial charge is 0.309 e. The quantitative estimate of drug-likeness (QED) is 0.203. The number of carbonyl (C=O) groups excluding carboxylic acids is 1. The lowest BCUT2D eigenvalue weighted by atomic mass is 9.88. The lowest BCUT2D eigenvalue weighted by Crippen LogP contribution is -2.22. The number of aliphatic hydroxyl groups excluding tert-OH is 2. The number of hydrogen-bond donors (Lipinski definition) is 2. The van der Waals surface area contributed by atoms with Crippen molar-refractivity contribution >= 4 is 5.97 Å². The van der Waals surface area contributed by atoms with Gasteiger partial charge in [-0.2, -0.15) is 0 Å². The zero-order chi connectivity index (χ0) is 21.6. The molecule has 2 N–H and O–H groups in total. The lowest BCUT2D eigenvalue weighted by Gasteiger charge is -2.20. The summed E-state index contributed by atoms with van der Waals surface area (Å²) in [5.74, 6) is 0.501. The van der Waals surface area contributed by atoms with Gasteiger partial charge >= 0.3 is 5.97 Å². The van der Waals surface area contributed by atoms with Crippen LogP contribution in [0.3, 0.4) is 0 Å². The Kier molecular flexibility index (Phi) is 13.5. The Morgan fingerprint density at radius 2 is 1.86 bits per heavy atom. The highest BCUT2D eigenvalue weighted by atomic mass is 16.5. The summed E-state index contributed by atoms with van der Waals surface area (Å²) in [7, 11) is 0. The Morgan fingerprint density at radius 3 is 2.52 bits per heavy atom. The van der Waals surface area contributed by atoms with Gasteiger partial charge in [0, 0.05) is 5.92 Å². The average Bonchev–Trinajstić information content (AvgIpc) is 3.02. The van der Waals surface area contributed by atoms with E-state index in [0.29, 0.717) is 12.5 Å². The van der Waals surface area contributed by atoms with Crippen molar-refractivity contribution < 1.29 is 19.7 Å². The number of unbranched alkanes of at least 4 members (excludes halogenated alkanes) is 4. The molecule has 170 valence electrons. The molecule has 0 aromatic carbocycles. The van der Waals surface area contributed by atoms with E-state index in [9.17, 15) is 15.0 Å². The van der Waals surface area contributed by atoms with Gasteiger partial charge in [0.05, 0.1) is 24.7 Å². The zero-order valence-corrected chi connectivity index (χ0v) is 19.4. The number of carbonyl (C=O) groups is 1. The van der Waals surface area contributed by atoms with E-state index < -0.39 is 0 Å². The van der Waals surface area contributed by atoms with Gasteiger partial charge in [-0.1, -0.05) is 70.9 Å². The Hall–Kier alpha value is -0.870. The van der Waals surface area contributed by atoms with Crippen LogP contribution in [0, 0.1) is 17.8 Å². The van der Waals surface area contributed by atoms with Crippen molar-refractivity contribution in [3.05, 3.63) is 11.6 Å². The third kappa shape index (κ3) is 10.1. The second-order valence-electron chi connectivity index (χ2n) is 9.12. The van der Waals surface area contributed by atoms with Crippen molar-refractivity contribution in [3.8, 4) is 0 Å². The molecule has 1 rings (SSSR count). The Labute approximate surface area is 179 Å². The van der Waals surface area contributed by atoms with E-state index >= 15 is 0 Å². The normalized spacial score (nSPS) is 22.9. The van der Waals surface area contributed by atoms with Gasteiger partial charge in [-0.25, -0.2) is 0 Å². The first-order chi connectivity index (χ1) is 13.9. The summed E-state index contributed by atoms with van der Waals surface area (Å²) in [6, 6.07) is 0. The summed E-state index contributed by atoms with van der Waals surface area (Å²) in [6.07, 6.45) is 13.7. The van der Waals surface area contributed by atoms with Crippen LogP contribution >= 0.6 is 0 Å². The fourth-order valence-corrected chi connectivity index (χ4v) is 4.49. The van der Waals surface area contributed by atoms with Crippen LogP contribution in [0.5, 0.6) is 0 Å². The Morgan fingerprint density at radius 1 is 1.14 bits per heavy atom. The summed E-state index contributed by atoms with van der Waals surface area (Å²) in [4.78, 5) is 12.1. The van der Waals surface area contributed by atoms with Gasteiger partial charge in [0.25, 0.3) is 0 Å². The molecule has 29 heavy (non-hydrogen) atoms. The van der Waals surface area contributed by atoms with E-state index in [1.807, 2.05) is 6.92 Å². The van der Waals surface area contributed by atoms with Crippen LogP contribution in [-0.2, 0) is 9.53 Å². The number of hydrogen-bond acceptors (Lipinski definition) is 4. The third-order valence-electron chi connectivity index (χ3n) is 6.39. The van der Waals surface area contributed by atoms with Gasteiger partial charge in [0.2, 0.25) is 0 Å². The van der Waals surface area contributed by atoms with Crippen molar-refractivity contribution in [1.82, 2.24) is 0 Å². The summed E-state index contributed by atoms with van der Waals surface area (Å²) < 4.78 is 5.21. The van der Waals surface area contributed by atoms with E-state index in [0.717, 1.165) is 64.2 Å². The zero-order valence-electron chi connectivity index (χ0n) is 19.4. The molecule has 0 saturated heterocycles. The molecule has 0 aromatic rings. The molecule has 0 heterocycles. The van der Waals surface area contributed by atoms with Crippen LogP contribution < -0.4 is 0 Å². The molecule has 1 aliphatic rings. The van der Waals surface area contributed by atoms with Crippen LogP contribution in [0.1, 0.15) is 105 Å². The number of esters is 1. The highest BCUT2D eigenvalue weighted by Gasteiger charge is 2.29. The minimum atomic E-state index is -0.247. The molecule has 0 bridgehead atoms. The minimum Gasteiger partial charge on any atom is -0.466 e. The van der Waals surface area contributed by atoms with Gasteiger partial charge in [-0.05, 0) is 51.4 Å². The number of rotatable bonds is 15. The first-order valence-corrected chi connectivity index (χ1v) is 12.1. The van der Waals surface area contributed by atoms with Crippen molar-refractivity contribution in [2.75, 3.05) is 6.61 Å². The van der Waals surface area contributed by atoms with E-state index in [4.69, 9.17) is 4.74 Å². The molecule has 0 aliphatic heterocycles. The van der Waals surface area contributed by atoms with Crippen molar-refractivity contribution in [1.29, 1.82) is 0 Å². The van der Waals surface area contributed by atoms with Crippen molar-refractivity contribution in [2.45, 2.75) is 117 Å². The van der Waals surface area contributed by atoms with Gasteiger partial charge in [0.15, 0.2) is 0 Å². The van der Waals surface area contributed by atoms with Crippen LogP contribution in [0.15, 0.2) is 11.6 Å². The van der Waals surface area contributed by atoms with Gasteiger partial charge < -0.3 is 14.9 Å². The molecule has 4 nitrogen and oxygen atoms in total. The van der Waals surface area contributed by atoms with Crippen LogP contribution in [0.4, 0.5) is 0 Å². The predicted molar refractivity (Wildman–Crippen MR) is 120 cm³/mol. The molecule has 0 spiro atoms. The molecule has 4 atom stereocenters. The number of ether oxygens (including phenoxy) is 1. The van der Waals surface area contributed by atoms with E-state index in [-0.39, 0.29) is 30.0 Å². The maximum atomic E-state index is 12.1. The monoisotopic (exact) mass is 410 g/mol. The standard InChI is InChI=1S/C25H46O4/c1-5-7-9-12-21(26)17-15-20-16-18-24(27)23(20)14-11-8-10-13-22(19(3)4)25(28)29-6-2/h15,19,21-24,26-27H,5-14,16-18H2,1-4H3/t21?,22?,23-,24+/m1/s1. The van der Waals surface area contributed by atoms with E-state index in [1.165, 1.54) is 18.4 Å². The summed E-state index contributed by atoms with van der Waals surface area (Å²) in [6.45, 7) is 8.66. The topological polar surface area (TPSA) is 66.8 Å². The third-order valence-corrected chi connectivity index (χ3v) is 6.39. The molecular weight excluding hydrogens is 364 g/mol. The highest BCUT2D eigenvalue weighted by molar-refractivity contribution is 5.72. The molecule has 0 radical (unpaired) electrons. The largest absolute Gasteiger partial charge is 0.466 e. The second-order valence-corrected chi connectivity index (χ2v) is 9.12. The molecule has 0 aromatic heterocycles. The molecule has 1 fully saturated rings. The molecule has 2 unspecified atom stereocenters. The Balaban J connectivity index is 2.37. The van der Waals surface area contributed by atoms with Crippen LogP contribution in [0.25, 0.3) is 0 Å². The summed E-state index contributed by atoms with van der Waals surface area (Å²) in [5.41, 5.74) is 1.35. The summed E-state index contributed by atoms with van der Waals surface area (Å²) >= 11 is 0. The lowest BCUT2D eigenvalue weighted by molar-refractivity contribution is -0.149. The van der Waals surface area contributed by atoms with Crippen molar-refractivity contribution in [3.63, 3.8) is 0 Å².